The second-order valence-electron chi connectivity index (χ2n) is 6.40. The number of pyridine rings is 1. The molecule has 1 aromatic carbocycles. The lowest BCUT2D eigenvalue weighted by Crippen LogP contribution is -2.24. The van der Waals surface area contributed by atoms with Gasteiger partial charge in [-0.2, -0.15) is 0 Å². The molecule has 4 rings (SSSR count). The van der Waals surface area contributed by atoms with E-state index in [1.807, 2.05) is 18.2 Å². The van der Waals surface area contributed by atoms with Crippen LogP contribution in [-0.4, -0.2) is 21.5 Å². The van der Waals surface area contributed by atoms with Crippen molar-refractivity contribution in [3.05, 3.63) is 71.5 Å². The van der Waals surface area contributed by atoms with Crippen LogP contribution < -0.4 is 4.90 Å². The van der Waals surface area contributed by atoms with Crippen LogP contribution in [0.1, 0.15) is 30.2 Å². The van der Waals surface area contributed by atoms with Crippen LogP contribution in [0, 0.1) is 0 Å². The van der Waals surface area contributed by atoms with Gasteiger partial charge in [-0.1, -0.05) is 37.3 Å². The number of rotatable bonds is 3. The number of aryl methyl sites for hydroxylation is 2. The molecule has 1 aliphatic heterocycles. The van der Waals surface area contributed by atoms with Crippen molar-refractivity contribution in [2.45, 2.75) is 32.7 Å². The lowest BCUT2D eigenvalue weighted by molar-refractivity contribution is 0.751. The summed E-state index contributed by atoms with van der Waals surface area (Å²) >= 11 is 0. The van der Waals surface area contributed by atoms with Gasteiger partial charge in [0.25, 0.3) is 0 Å². The van der Waals surface area contributed by atoms with Gasteiger partial charge in [0, 0.05) is 31.0 Å². The van der Waals surface area contributed by atoms with Gasteiger partial charge in [0.2, 0.25) is 0 Å². The summed E-state index contributed by atoms with van der Waals surface area (Å²) in [4.78, 5) is 16.3. The Balaban J connectivity index is 1.72. The number of fused-ring (bicyclic) bond motifs is 1. The van der Waals surface area contributed by atoms with Gasteiger partial charge in [-0.3, -0.25) is 4.98 Å². The third-order valence-corrected chi connectivity index (χ3v) is 4.70. The van der Waals surface area contributed by atoms with E-state index in [4.69, 9.17) is 4.98 Å². The summed E-state index contributed by atoms with van der Waals surface area (Å²) in [5.74, 6) is 1.72. The molecule has 0 saturated heterocycles. The summed E-state index contributed by atoms with van der Waals surface area (Å²) in [6.07, 6.45) is 4.95. The van der Waals surface area contributed by atoms with Crippen molar-refractivity contribution in [2.75, 3.05) is 11.4 Å². The summed E-state index contributed by atoms with van der Waals surface area (Å²) in [6, 6.07) is 16.7. The summed E-state index contributed by atoms with van der Waals surface area (Å²) in [6.45, 7) is 4.04. The highest BCUT2D eigenvalue weighted by Crippen LogP contribution is 2.25. The SMILES string of the molecule is CCc1cc(N2CCCc3ccccc3C2)nc(-c2ccccn2)n1. The Kier molecular flexibility index (Phi) is 4.42. The lowest BCUT2D eigenvalue weighted by Gasteiger charge is -2.23. The Morgan fingerprint density at radius 2 is 1.84 bits per heavy atom. The molecule has 0 amide bonds. The van der Waals surface area contributed by atoms with Crippen molar-refractivity contribution in [3.8, 4) is 11.5 Å². The van der Waals surface area contributed by atoms with E-state index in [1.54, 1.807) is 6.20 Å². The van der Waals surface area contributed by atoms with Gasteiger partial charge in [-0.05, 0) is 42.5 Å². The number of hydrogen-bond acceptors (Lipinski definition) is 4. The van der Waals surface area contributed by atoms with Crippen LogP contribution in [0.3, 0.4) is 0 Å². The molecular formula is C21H22N4. The minimum atomic E-state index is 0.715. The maximum Gasteiger partial charge on any atom is 0.180 e. The van der Waals surface area contributed by atoms with E-state index < -0.39 is 0 Å². The van der Waals surface area contributed by atoms with E-state index in [0.29, 0.717) is 5.82 Å². The van der Waals surface area contributed by atoms with Crippen molar-refractivity contribution in [1.29, 1.82) is 0 Å². The summed E-state index contributed by atoms with van der Waals surface area (Å²) in [7, 11) is 0. The molecule has 0 N–H and O–H groups in total. The monoisotopic (exact) mass is 330 g/mol. The Labute approximate surface area is 148 Å². The second kappa shape index (κ2) is 7.01. The van der Waals surface area contributed by atoms with Crippen molar-refractivity contribution >= 4 is 5.82 Å². The van der Waals surface area contributed by atoms with Gasteiger partial charge >= 0.3 is 0 Å². The van der Waals surface area contributed by atoms with E-state index >= 15 is 0 Å². The minimum absolute atomic E-state index is 0.715. The molecule has 25 heavy (non-hydrogen) atoms. The van der Waals surface area contributed by atoms with Gasteiger partial charge in [0.1, 0.15) is 11.5 Å². The molecule has 1 aliphatic rings. The molecule has 3 heterocycles. The van der Waals surface area contributed by atoms with Gasteiger partial charge in [-0.15, -0.1) is 0 Å². The molecule has 4 heteroatoms. The first-order chi connectivity index (χ1) is 12.3. The lowest BCUT2D eigenvalue weighted by atomic mass is 10.0. The van der Waals surface area contributed by atoms with E-state index in [2.05, 4.69) is 52.1 Å². The Morgan fingerprint density at radius 3 is 2.64 bits per heavy atom. The van der Waals surface area contributed by atoms with E-state index in [-0.39, 0.29) is 0 Å². The summed E-state index contributed by atoms with van der Waals surface area (Å²) in [5, 5.41) is 0. The number of benzene rings is 1. The standard InChI is InChI=1S/C21H22N4/c1-2-18-14-20(24-21(23-18)19-11-5-6-12-22-19)25-13-7-10-16-8-3-4-9-17(16)15-25/h3-6,8-9,11-12,14H,2,7,10,13,15H2,1H3. The highest BCUT2D eigenvalue weighted by atomic mass is 15.2. The predicted molar refractivity (Wildman–Crippen MR) is 100 cm³/mol. The maximum atomic E-state index is 4.84. The Bertz CT molecular complexity index is 861. The molecular weight excluding hydrogens is 308 g/mol. The average Bonchev–Trinajstić information content (AvgIpc) is 2.91. The first-order valence-corrected chi connectivity index (χ1v) is 8.94. The van der Waals surface area contributed by atoms with Crippen LogP contribution >= 0.6 is 0 Å². The molecule has 0 spiro atoms. The zero-order valence-corrected chi connectivity index (χ0v) is 14.5. The van der Waals surface area contributed by atoms with Gasteiger partial charge in [0.05, 0.1) is 0 Å². The van der Waals surface area contributed by atoms with E-state index in [9.17, 15) is 0 Å². The number of hydrogen-bond donors (Lipinski definition) is 0. The Hall–Kier alpha value is -2.75. The van der Waals surface area contributed by atoms with E-state index in [0.717, 1.165) is 49.6 Å². The molecule has 0 aliphatic carbocycles. The van der Waals surface area contributed by atoms with Gasteiger partial charge < -0.3 is 4.90 Å². The molecule has 0 atom stereocenters. The molecule has 0 saturated carbocycles. The first-order valence-electron chi connectivity index (χ1n) is 8.94. The topological polar surface area (TPSA) is 41.9 Å². The summed E-state index contributed by atoms with van der Waals surface area (Å²) < 4.78 is 0. The molecule has 2 aromatic heterocycles. The van der Waals surface area contributed by atoms with Crippen molar-refractivity contribution in [1.82, 2.24) is 15.0 Å². The number of nitrogens with zero attached hydrogens (tertiary/aromatic N) is 4. The highest BCUT2D eigenvalue weighted by molar-refractivity contribution is 5.54. The number of aromatic nitrogens is 3. The van der Waals surface area contributed by atoms with Crippen molar-refractivity contribution < 1.29 is 0 Å². The zero-order valence-electron chi connectivity index (χ0n) is 14.5. The molecule has 0 bridgehead atoms. The van der Waals surface area contributed by atoms with Crippen molar-refractivity contribution in [3.63, 3.8) is 0 Å². The quantitative estimate of drug-likeness (QED) is 0.726. The van der Waals surface area contributed by atoms with Crippen molar-refractivity contribution in [2.24, 2.45) is 0 Å². The molecule has 126 valence electrons. The second-order valence-corrected chi connectivity index (χ2v) is 6.40. The van der Waals surface area contributed by atoms with Crippen LogP contribution in [0.5, 0.6) is 0 Å². The Morgan fingerprint density at radius 1 is 1.00 bits per heavy atom. The molecule has 0 fully saturated rings. The van der Waals surface area contributed by atoms with Gasteiger partial charge in [-0.25, -0.2) is 9.97 Å². The van der Waals surface area contributed by atoms with Crippen LogP contribution in [0.2, 0.25) is 0 Å². The van der Waals surface area contributed by atoms with Crippen LogP contribution in [0.25, 0.3) is 11.5 Å². The summed E-state index contributed by atoms with van der Waals surface area (Å²) in [5.41, 5.74) is 4.74. The molecule has 0 radical (unpaired) electrons. The van der Waals surface area contributed by atoms with Crippen LogP contribution in [-0.2, 0) is 19.4 Å². The third-order valence-electron chi connectivity index (χ3n) is 4.70. The first kappa shape index (κ1) is 15.8. The van der Waals surface area contributed by atoms with E-state index in [1.165, 1.54) is 11.1 Å². The van der Waals surface area contributed by atoms with Gasteiger partial charge in [0.15, 0.2) is 5.82 Å². The average molecular weight is 330 g/mol. The molecule has 4 nitrogen and oxygen atoms in total. The number of anilines is 1. The minimum Gasteiger partial charge on any atom is -0.352 e. The van der Waals surface area contributed by atoms with Crippen LogP contribution in [0.15, 0.2) is 54.7 Å². The smallest absolute Gasteiger partial charge is 0.180 e. The normalized spacial score (nSPS) is 14.0. The maximum absolute atomic E-state index is 4.84. The molecule has 3 aromatic rings. The fraction of sp³-hybridized carbons (Fsp3) is 0.286. The highest BCUT2D eigenvalue weighted by Gasteiger charge is 2.17. The molecule has 0 unspecified atom stereocenters. The zero-order chi connectivity index (χ0) is 17.1. The van der Waals surface area contributed by atoms with Crippen LogP contribution in [0.4, 0.5) is 5.82 Å². The fourth-order valence-corrected chi connectivity index (χ4v) is 3.33. The predicted octanol–water partition coefficient (Wildman–Crippen LogP) is 4.05. The third kappa shape index (κ3) is 3.38. The fourth-order valence-electron chi connectivity index (χ4n) is 3.33. The largest absolute Gasteiger partial charge is 0.352 e.